The van der Waals surface area contributed by atoms with Crippen molar-refractivity contribution in [1.29, 1.82) is 5.41 Å². The predicted octanol–water partition coefficient (Wildman–Crippen LogP) is 1.18. The number of hydrogen-bond donors (Lipinski definition) is 4. The third-order valence-corrected chi connectivity index (χ3v) is 5.13. The monoisotopic (exact) mass is 394 g/mol. The van der Waals surface area contributed by atoms with Gasteiger partial charge in [0.2, 0.25) is 5.91 Å². The van der Waals surface area contributed by atoms with E-state index in [1.807, 2.05) is 30.3 Å². The van der Waals surface area contributed by atoms with Crippen molar-refractivity contribution >= 4 is 17.6 Å². The molecule has 0 unspecified atom stereocenters. The van der Waals surface area contributed by atoms with Crippen molar-refractivity contribution < 1.29 is 14.7 Å². The molecule has 1 heterocycles. The first kappa shape index (κ1) is 20.5. The molecule has 2 aromatic carbocycles. The van der Waals surface area contributed by atoms with Crippen LogP contribution in [0.4, 0.5) is 0 Å². The molecule has 0 spiro atoms. The van der Waals surface area contributed by atoms with Crippen molar-refractivity contribution in [3.05, 3.63) is 71.3 Å². The normalized spacial score (nSPS) is 17.0. The van der Waals surface area contributed by atoms with Gasteiger partial charge in [0.15, 0.2) is 0 Å². The third kappa shape index (κ3) is 5.20. The SMILES string of the molecule is N=C(N)c1ccc(CNC(=O)[C@@H]2CCCN2C(=O)[C@H](O)Cc2ccccc2)cc1. The van der Waals surface area contributed by atoms with Crippen molar-refractivity contribution in [1.82, 2.24) is 10.2 Å². The summed E-state index contributed by atoms with van der Waals surface area (Å²) in [6.45, 7) is 0.790. The number of benzene rings is 2. The molecule has 7 nitrogen and oxygen atoms in total. The lowest BCUT2D eigenvalue weighted by Gasteiger charge is -2.26. The van der Waals surface area contributed by atoms with Crippen LogP contribution in [0.1, 0.15) is 29.5 Å². The van der Waals surface area contributed by atoms with E-state index in [0.717, 1.165) is 17.5 Å². The van der Waals surface area contributed by atoms with E-state index in [4.69, 9.17) is 11.1 Å². The van der Waals surface area contributed by atoms with Gasteiger partial charge in [-0.15, -0.1) is 0 Å². The van der Waals surface area contributed by atoms with Crippen LogP contribution in [0.5, 0.6) is 0 Å². The Hall–Kier alpha value is -3.19. The lowest BCUT2D eigenvalue weighted by atomic mass is 10.1. The summed E-state index contributed by atoms with van der Waals surface area (Å²) in [5.41, 5.74) is 7.82. The van der Waals surface area contributed by atoms with Gasteiger partial charge in [-0.2, -0.15) is 0 Å². The van der Waals surface area contributed by atoms with E-state index in [1.165, 1.54) is 4.90 Å². The minimum atomic E-state index is -1.16. The summed E-state index contributed by atoms with van der Waals surface area (Å²) >= 11 is 0. The Kier molecular flexibility index (Phi) is 6.61. The quantitative estimate of drug-likeness (QED) is 0.416. The highest BCUT2D eigenvalue weighted by atomic mass is 16.3. The summed E-state index contributed by atoms with van der Waals surface area (Å²) in [5, 5.41) is 20.6. The molecular weight excluding hydrogens is 368 g/mol. The zero-order valence-electron chi connectivity index (χ0n) is 16.2. The highest BCUT2D eigenvalue weighted by Gasteiger charge is 2.36. The van der Waals surface area contributed by atoms with Crippen molar-refractivity contribution in [2.45, 2.75) is 38.0 Å². The number of nitrogens with two attached hydrogens (primary N) is 1. The van der Waals surface area contributed by atoms with Gasteiger partial charge in [-0.1, -0.05) is 54.6 Å². The average Bonchev–Trinajstić information content (AvgIpc) is 3.22. The van der Waals surface area contributed by atoms with Crippen LogP contribution in [-0.4, -0.2) is 46.3 Å². The van der Waals surface area contributed by atoms with Crippen LogP contribution in [0.25, 0.3) is 0 Å². The van der Waals surface area contributed by atoms with E-state index in [-0.39, 0.29) is 18.2 Å². The van der Waals surface area contributed by atoms with Crippen molar-refractivity contribution in [2.75, 3.05) is 6.54 Å². The highest BCUT2D eigenvalue weighted by molar-refractivity contribution is 5.95. The molecule has 29 heavy (non-hydrogen) atoms. The Labute approximate surface area is 170 Å². The van der Waals surface area contributed by atoms with E-state index in [0.29, 0.717) is 25.1 Å². The highest BCUT2D eigenvalue weighted by Crippen LogP contribution is 2.20. The number of rotatable bonds is 7. The molecule has 0 bridgehead atoms. The number of nitrogens with zero attached hydrogens (tertiary/aromatic N) is 1. The van der Waals surface area contributed by atoms with Gasteiger partial charge in [0.1, 0.15) is 18.0 Å². The van der Waals surface area contributed by atoms with Crippen molar-refractivity contribution in [2.24, 2.45) is 5.73 Å². The fraction of sp³-hybridized carbons (Fsp3) is 0.318. The molecule has 1 aliphatic rings. The number of aliphatic hydroxyl groups excluding tert-OH is 1. The van der Waals surface area contributed by atoms with Crippen LogP contribution in [0.3, 0.4) is 0 Å². The minimum Gasteiger partial charge on any atom is -0.384 e. The molecule has 0 radical (unpaired) electrons. The zero-order valence-corrected chi connectivity index (χ0v) is 16.2. The van der Waals surface area contributed by atoms with Gasteiger partial charge in [0.25, 0.3) is 5.91 Å². The summed E-state index contributed by atoms with van der Waals surface area (Å²) in [4.78, 5) is 26.8. The second-order valence-electron chi connectivity index (χ2n) is 7.22. The van der Waals surface area contributed by atoms with Gasteiger partial charge in [-0.25, -0.2) is 0 Å². The van der Waals surface area contributed by atoms with E-state index >= 15 is 0 Å². The Bertz CT molecular complexity index is 867. The van der Waals surface area contributed by atoms with E-state index in [1.54, 1.807) is 24.3 Å². The molecule has 1 fully saturated rings. The molecule has 0 saturated carbocycles. The van der Waals surface area contributed by atoms with Gasteiger partial charge >= 0.3 is 0 Å². The number of carbonyl (C=O) groups excluding carboxylic acids is 2. The molecule has 5 N–H and O–H groups in total. The van der Waals surface area contributed by atoms with Gasteiger partial charge in [-0.05, 0) is 24.0 Å². The zero-order chi connectivity index (χ0) is 20.8. The molecule has 0 aliphatic carbocycles. The molecule has 2 aromatic rings. The fourth-order valence-corrected chi connectivity index (χ4v) is 3.53. The van der Waals surface area contributed by atoms with E-state index < -0.39 is 18.1 Å². The number of aliphatic hydroxyl groups is 1. The topological polar surface area (TPSA) is 120 Å². The molecule has 2 atom stereocenters. The smallest absolute Gasteiger partial charge is 0.252 e. The van der Waals surface area contributed by atoms with Crippen LogP contribution in [0.15, 0.2) is 54.6 Å². The number of likely N-dealkylation sites (tertiary alicyclic amines) is 1. The van der Waals surface area contributed by atoms with Crippen LogP contribution in [0.2, 0.25) is 0 Å². The molecular formula is C22H26N4O3. The van der Waals surface area contributed by atoms with Crippen molar-refractivity contribution in [3.8, 4) is 0 Å². The molecule has 2 amide bonds. The van der Waals surface area contributed by atoms with E-state index in [9.17, 15) is 14.7 Å². The standard InChI is InChI=1S/C22H26N4O3/c23-20(24)17-10-8-16(9-11-17)14-25-21(28)18-7-4-12-26(18)22(29)19(27)13-15-5-2-1-3-6-15/h1-3,5-6,8-11,18-19,27H,4,7,12-14H2,(H3,23,24)(H,25,28)/t18-,19+/m0/s1. The molecule has 1 aliphatic heterocycles. The molecule has 152 valence electrons. The Morgan fingerprint density at radius 3 is 2.48 bits per heavy atom. The second-order valence-corrected chi connectivity index (χ2v) is 7.22. The summed E-state index contributed by atoms with van der Waals surface area (Å²) in [6, 6.07) is 15.8. The first-order valence-corrected chi connectivity index (χ1v) is 9.69. The van der Waals surface area contributed by atoms with Crippen LogP contribution < -0.4 is 11.1 Å². The lowest BCUT2D eigenvalue weighted by molar-refractivity contribution is -0.145. The van der Waals surface area contributed by atoms with Gasteiger partial charge in [-0.3, -0.25) is 15.0 Å². The number of amidine groups is 1. The Morgan fingerprint density at radius 2 is 1.83 bits per heavy atom. The third-order valence-electron chi connectivity index (χ3n) is 5.13. The number of nitrogen functional groups attached to an aromatic ring is 1. The molecule has 7 heteroatoms. The maximum atomic E-state index is 12.7. The Balaban J connectivity index is 1.56. The largest absolute Gasteiger partial charge is 0.384 e. The summed E-state index contributed by atoms with van der Waals surface area (Å²) < 4.78 is 0. The maximum absolute atomic E-state index is 12.7. The van der Waals surface area contributed by atoms with E-state index in [2.05, 4.69) is 5.32 Å². The number of amides is 2. The van der Waals surface area contributed by atoms with Crippen molar-refractivity contribution in [3.63, 3.8) is 0 Å². The maximum Gasteiger partial charge on any atom is 0.252 e. The average molecular weight is 394 g/mol. The second kappa shape index (κ2) is 9.34. The fourth-order valence-electron chi connectivity index (χ4n) is 3.53. The first-order chi connectivity index (χ1) is 14.0. The summed E-state index contributed by atoms with van der Waals surface area (Å²) in [7, 11) is 0. The number of nitrogens with one attached hydrogen (secondary N) is 2. The van der Waals surface area contributed by atoms with Gasteiger partial charge < -0.3 is 21.1 Å². The van der Waals surface area contributed by atoms with Crippen LogP contribution in [0, 0.1) is 5.41 Å². The summed E-state index contributed by atoms with van der Waals surface area (Å²) in [6.07, 6.45) is 0.381. The molecule has 1 saturated heterocycles. The predicted molar refractivity (Wildman–Crippen MR) is 110 cm³/mol. The first-order valence-electron chi connectivity index (χ1n) is 9.69. The van der Waals surface area contributed by atoms with Crippen LogP contribution >= 0.6 is 0 Å². The number of carbonyl (C=O) groups is 2. The summed E-state index contributed by atoms with van der Waals surface area (Å²) in [5.74, 6) is -0.634. The minimum absolute atomic E-state index is 0.00486. The Morgan fingerprint density at radius 1 is 1.14 bits per heavy atom. The number of hydrogen-bond acceptors (Lipinski definition) is 4. The molecule has 3 rings (SSSR count). The molecule has 0 aromatic heterocycles. The lowest BCUT2D eigenvalue weighted by Crippen LogP contribution is -2.49. The van der Waals surface area contributed by atoms with Gasteiger partial charge in [0.05, 0.1) is 0 Å². The van der Waals surface area contributed by atoms with Gasteiger partial charge in [0, 0.05) is 25.1 Å². The van der Waals surface area contributed by atoms with Crippen LogP contribution in [-0.2, 0) is 22.6 Å².